The number of aromatic nitrogens is 1. The molecular formula is C18H15Cl2N3O2. The summed E-state index contributed by atoms with van der Waals surface area (Å²) in [6.45, 7) is 5.91. The van der Waals surface area contributed by atoms with Crippen molar-refractivity contribution in [1.29, 1.82) is 0 Å². The Hall–Kier alpha value is -2.34. The molecule has 7 heteroatoms. The summed E-state index contributed by atoms with van der Waals surface area (Å²) in [6, 6.07) is 3.22. The minimum Gasteiger partial charge on any atom is -0.353 e. The number of halogens is 2. The molecule has 1 aliphatic rings. The van der Waals surface area contributed by atoms with E-state index in [9.17, 15) is 4.79 Å². The molecule has 0 saturated carbocycles. The minimum absolute atomic E-state index is 0.347. The lowest BCUT2D eigenvalue weighted by molar-refractivity contribution is -0.112. The largest absolute Gasteiger partial charge is 0.353 e. The van der Waals surface area contributed by atoms with Gasteiger partial charge in [-0.1, -0.05) is 48.0 Å². The maximum atomic E-state index is 12.5. The van der Waals surface area contributed by atoms with Crippen LogP contribution in [0.1, 0.15) is 12.6 Å². The lowest BCUT2D eigenvalue weighted by Gasteiger charge is -2.05. The van der Waals surface area contributed by atoms with E-state index in [0.717, 1.165) is 5.22 Å². The number of H-pyrrole nitrogens is 1. The van der Waals surface area contributed by atoms with Gasteiger partial charge in [-0.2, -0.15) is 0 Å². The number of fused-ring (bicyclic) bond motifs is 1. The maximum absolute atomic E-state index is 12.5. The molecule has 1 amide bonds. The van der Waals surface area contributed by atoms with Crippen LogP contribution in [0.5, 0.6) is 0 Å². The molecular weight excluding hydrogens is 361 g/mol. The van der Waals surface area contributed by atoms with Crippen molar-refractivity contribution in [3.05, 3.63) is 61.2 Å². The van der Waals surface area contributed by atoms with E-state index < -0.39 is 0 Å². The number of anilines is 1. The van der Waals surface area contributed by atoms with Crippen LogP contribution >= 0.6 is 23.2 Å². The van der Waals surface area contributed by atoms with Gasteiger partial charge >= 0.3 is 0 Å². The number of hydrogen-bond acceptors (Lipinski definition) is 3. The van der Waals surface area contributed by atoms with Crippen LogP contribution in [0.4, 0.5) is 5.69 Å². The third-order valence-electron chi connectivity index (χ3n) is 3.77. The summed E-state index contributed by atoms with van der Waals surface area (Å²) in [5, 5.41) is 3.21. The minimum atomic E-state index is -0.383. The Morgan fingerprint density at radius 3 is 2.72 bits per heavy atom. The van der Waals surface area contributed by atoms with Crippen molar-refractivity contribution >= 4 is 53.0 Å². The van der Waals surface area contributed by atoms with Crippen LogP contribution in [0.2, 0.25) is 10.0 Å². The summed E-state index contributed by atoms with van der Waals surface area (Å²) in [4.78, 5) is 24.8. The van der Waals surface area contributed by atoms with Crippen LogP contribution in [-0.2, 0) is 9.63 Å². The number of hydrogen-bond donors (Lipinski definition) is 2. The van der Waals surface area contributed by atoms with Gasteiger partial charge in [0.15, 0.2) is 0 Å². The average Bonchev–Trinajstić information content (AvgIpc) is 3.03. The fourth-order valence-corrected chi connectivity index (χ4v) is 3.01. The number of benzene rings is 1. The fraction of sp³-hybridized carbons (Fsp3) is 0.111. The summed E-state index contributed by atoms with van der Waals surface area (Å²) >= 11 is 12.1. The molecule has 5 nitrogen and oxygen atoms in total. The predicted octanol–water partition coefficient (Wildman–Crippen LogP) is 1.42. The average molecular weight is 376 g/mol. The van der Waals surface area contributed by atoms with Crippen LogP contribution in [0.25, 0.3) is 18.2 Å². The Morgan fingerprint density at radius 2 is 2.04 bits per heavy atom. The highest BCUT2D eigenvalue weighted by molar-refractivity contribution is 6.42. The standard InChI is InChI=1S/C18H15Cl2N3O2/c1-4-5-6-10-9(2)21-17(16(10)23-25-3)15-11-7-12(19)13(20)8-14(11)22-18(15)24/h4-8,21,23H,2H2,1,3H3/b5-4-,10-6?. The van der Waals surface area contributed by atoms with Crippen LogP contribution in [0.3, 0.4) is 0 Å². The summed E-state index contributed by atoms with van der Waals surface area (Å²) in [6.07, 6.45) is 5.64. The summed E-state index contributed by atoms with van der Waals surface area (Å²) in [7, 11) is 1.50. The molecule has 0 atom stereocenters. The zero-order valence-corrected chi connectivity index (χ0v) is 15.1. The number of nitrogens with zero attached hydrogens (tertiary/aromatic N) is 1. The molecule has 0 saturated heterocycles. The van der Waals surface area contributed by atoms with Gasteiger partial charge in [-0.05, 0) is 19.1 Å². The lowest BCUT2D eigenvalue weighted by atomic mass is 10.1. The van der Waals surface area contributed by atoms with Gasteiger partial charge in [0.1, 0.15) is 0 Å². The fourth-order valence-electron chi connectivity index (χ4n) is 2.69. The van der Waals surface area contributed by atoms with Gasteiger partial charge in [-0.25, -0.2) is 4.99 Å². The molecule has 2 heterocycles. The number of nitrogens with one attached hydrogen (secondary N) is 2. The summed E-state index contributed by atoms with van der Waals surface area (Å²) in [5.41, 5.74) is 4.34. The molecule has 0 bridgehead atoms. The van der Waals surface area contributed by atoms with E-state index in [0.29, 0.717) is 42.9 Å². The molecule has 0 unspecified atom stereocenters. The number of aromatic amines is 1. The van der Waals surface area contributed by atoms with Gasteiger partial charge in [0.05, 0.1) is 39.5 Å². The highest BCUT2D eigenvalue weighted by atomic mass is 35.5. The second kappa shape index (κ2) is 6.88. The third kappa shape index (κ3) is 3.02. The molecule has 1 aliphatic heterocycles. The van der Waals surface area contributed by atoms with Gasteiger partial charge < -0.3 is 4.98 Å². The number of carbonyl (C=O) groups excluding carboxylic acids is 1. The van der Waals surface area contributed by atoms with E-state index >= 15 is 0 Å². The second-order valence-corrected chi connectivity index (χ2v) is 6.16. The van der Waals surface area contributed by atoms with Crippen LogP contribution in [0, 0.1) is 0 Å². The highest BCUT2D eigenvalue weighted by Crippen LogP contribution is 2.21. The number of rotatable bonds is 4. The van der Waals surface area contributed by atoms with E-state index in [-0.39, 0.29) is 5.91 Å². The molecule has 3 rings (SSSR count). The van der Waals surface area contributed by atoms with Crippen molar-refractivity contribution in [2.24, 2.45) is 4.99 Å². The zero-order valence-electron chi connectivity index (χ0n) is 13.6. The predicted molar refractivity (Wildman–Crippen MR) is 100 cm³/mol. The Balaban J connectivity index is 2.40. The Morgan fingerprint density at radius 1 is 1.32 bits per heavy atom. The third-order valence-corrected chi connectivity index (χ3v) is 4.50. The molecule has 0 fully saturated rings. The smallest absolute Gasteiger partial charge is 0.280 e. The van der Waals surface area contributed by atoms with Gasteiger partial charge in [0, 0.05) is 15.8 Å². The molecule has 25 heavy (non-hydrogen) atoms. The van der Waals surface area contributed by atoms with Gasteiger partial charge in [0.25, 0.3) is 5.91 Å². The maximum Gasteiger partial charge on any atom is 0.280 e. The van der Waals surface area contributed by atoms with E-state index in [4.69, 9.17) is 28.0 Å². The first-order valence-corrected chi connectivity index (χ1v) is 8.19. The van der Waals surface area contributed by atoms with Gasteiger partial charge in [0.2, 0.25) is 0 Å². The molecule has 128 valence electrons. The Bertz CT molecular complexity index is 1130. The normalized spacial score (nSPS) is 14.3. The van der Waals surface area contributed by atoms with Crippen LogP contribution in [-0.4, -0.2) is 18.0 Å². The topological polar surface area (TPSA) is 66.5 Å². The van der Waals surface area contributed by atoms with Crippen LogP contribution < -0.4 is 26.6 Å². The van der Waals surface area contributed by atoms with Crippen molar-refractivity contribution in [3.63, 3.8) is 0 Å². The van der Waals surface area contributed by atoms with Crippen molar-refractivity contribution in [3.8, 4) is 0 Å². The quantitative estimate of drug-likeness (QED) is 0.794. The molecule has 0 spiro atoms. The molecule has 2 N–H and O–H groups in total. The number of carbonyl (C=O) groups is 1. The molecule has 0 radical (unpaired) electrons. The Kier molecular flexibility index (Phi) is 4.81. The highest BCUT2D eigenvalue weighted by Gasteiger charge is 2.24. The van der Waals surface area contributed by atoms with Gasteiger partial charge in [-0.3, -0.25) is 15.1 Å². The van der Waals surface area contributed by atoms with Crippen LogP contribution in [0.15, 0.2) is 29.3 Å². The van der Waals surface area contributed by atoms with Crippen molar-refractivity contribution in [2.75, 3.05) is 12.6 Å². The monoisotopic (exact) mass is 375 g/mol. The Labute approximate surface area is 153 Å². The SMILES string of the molecule is C=c1[nH]c(C2=c3cc(Cl)c(Cl)cc3=NC2=O)c(NOC)c1=C/C=C\C. The van der Waals surface area contributed by atoms with Crippen molar-refractivity contribution < 1.29 is 9.63 Å². The molecule has 0 aliphatic carbocycles. The molecule has 1 aromatic carbocycles. The van der Waals surface area contributed by atoms with E-state index in [1.165, 1.54) is 7.11 Å². The van der Waals surface area contributed by atoms with Crippen molar-refractivity contribution in [1.82, 2.24) is 4.98 Å². The number of amides is 1. The molecule has 1 aromatic heterocycles. The summed E-state index contributed by atoms with van der Waals surface area (Å²) in [5.74, 6) is -0.383. The lowest BCUT2D eigenvalue weighted by Crippen LogP contribution is -2.24. The van der Waals surface area contributed by atoms with E-state index in [2.05, 4.69) is 22.0 Å². The van der Waals surface area contributed by atoms with Gasteiger partial charge in [-0.15, -0.1) is 0 Å². The van der Waals surface area contributed by atoms with E-state index in [1.54, 1.807) is 12.1 Å². The van der Waals surface area contributed by atoms with E-state index in [1.807, 2.05) is 25.2 Å². The first-order valence-electron chi connectivity index (χ1n) is 7.43. The second-order valence-electron chi connectivity index (χ2n) is 5.34. The van der Waals surface area contributed by atoms with Crippen molar-refractivity contribution in [2.45, 2.75) is 6.92 Å². The zero-order chi connectivity index (χ0) is 18.1. The number of allylic oxidation sites excluding steroid dienone is 2. The first-order chi connectivity index (χ1) is 12.0. The summed E-state index contributed by atoms with van der Waals surface area (Å²) < 4.78 is 0. The molecule has 2 aromatic rings. The first kappa shape index (κ1) is 17.5.